The van der Waals surface area contributed by atoms with Gasteiger partial charge in [-0.1, -0.05) is 25.1 Å². The molecule has 128 valence electrons. The second-order valence-corrected chi connectivity index (χ2v) is 5.51. The molecule has 0 fully saturated rings. The van der Waals surface area contributed by atoms with Crippen molar-refractivity contribution in [2.75, 3.05) is 23.9 Å². The minimum atomic E-state index is -4.40. The molecular weight excluding hydrogens is 315 g/mol. The van der Waals surface area contributed by atoms with Crippen LogP contribution in [0.4, 0.5) is 24.5 Å². The number of hydrogen-bond donors (Lipinski definition) is 1. The molecule has 0 amide bonds. The third-order valence-electron chi connectivity index (χ3n) is 3.90. The summed E-state index contributed by atoms with van der Waals surface area (Å²) >= 11 is 0. The fourth-order valence-electron chi connectivity index (χ4n) is 2.35. The first kappa shape index (κ1) is 17.8. The highest BCUT2D eigenvalue weighted by Gasteiger charge is 2.31. The van der Waals surface area contributed by atoms with Crippen molar-refractivity contribution in [3.8, 4) is 0 Å². The zero-order valence-corrected chi connectivity index (χ0v) is 13.9. The van der Waals surface area contributed by atoms with Crippen LogP contribution in [-0.2, 0) is 12.6 Å². The minimum absolute atomic E-state index is 0.0857. The summed E-state index contributed by atoms with van der Waals surface area (Å²) < 4.78 is 38.6. The van der Waals surface area contributed by atoms with E-state index in [0.29, 0.717) is 5.69 Å². The van der Waals surface area contributed by atoms with E-state index in [4.69, 9.17) is 5.41 Å². The number of alkyl halides is 3. The largest absolute Gasteiger partial charge is 0.416 e. The summed E-state index contributed by atoms with van der Waals surface area (Å²) in [5.41, 5.74) is 1.54. The highest BCUT2D eigenvalue weighted by atomic mass is 19.4. The van der Waals surface area contributed by atoms with Crippen LogP contribution in [0.15, 0.2) is 48.5 Å². The molecule has 2 aromatic rings. The van der Waals surface area contributed by atoms with Crippen LogP contribution < -0.4 is 9.80 Å². The highest BCUT2D eigenvalue weighted by Crippen LogP contribution is 2.31. The molecule has 0 radical (unpaired) electrons. The Morgan fingerprint density at radius 3 is 2.04 bits per heavy atom. The molecule has 0 bridgehead atoms. The van der Waals surface area contributed by atoms with Gasteiger partial charge in [0.1, 0.15) is 0 Å². The summed E-state index contributed by atoms with van der Waals surface area (Å²) in [6.45, 7) is 2.04. The van der Waals surface area contributed by atoms with E-state index >= 15 is 0 Å². The summed E-state index contributed by atoms with van der Waals surface area (Å²) in [5, 5.41) is 8.30. The van der Waals surface area contributed by atoms with E-state index in [-0.39, 0.29) is 5.96 Å². The first-order valence-corrected chi connectivity index (χ1v) is 7.56. The van der Waals surface area contributed by atoms with Crippen LogP contribution in [0.3, 0.4) is 0 Å². The number of hydrogen-bond acceptors (Lipinski definition) is 1. The molecule has 3 nitrogen and oxygen atoms in total. The summed E-state index contributed by atoms with van der Waals surface area (Å²) in [6, 6.07) is 12.7. The molecular formula is C18H20F3N3. The van der Waals surface area contributed by atoms with E-state index in [1.165, 1.54) is 11.0 Å². The Morgan fingerprint density at radius 1 is 0.958 bits per heavy atom. The Hall–Kier alpha value is -2.50. The highest BCUT2D eigenvalue weighted by molar-refractivity contribution is 6.04. The molecule has 0 aromatic heterocycles. The van der Waals surface area contributed by atoms with Crippen LogP contribution in [0.25, 0.3) is 0 Å². The number of halogens is 3. The van der Waals surface area contributed by atoms with Gasteiger partial charge in [0.2, 0.25) is 5.96 Å². The SMILES string of the molecule is CCc1cccc(N(C)C(=N)N(C)c2cccc(C(F)(F)F)c2)c1. The molecule has 24 heavy (non-hydrogen) atoms. The van der Waals surface area contributed by atoms with E-state index < -0.39 is 11.7 Å². The number of benzene rings is 2. The monoisotopic (exact) mass is 335 g/mol. The van der Waals surface area contributed by atoms with Crippen molar-refractivity contribution in [1.82, 2.24) is 0 Å². The van der Waals surface area contributed by atoms with Crippen molar-refractivity contribution >= 4 is 17.3 Å². The van der Waals surface area contributed by atoms with Crippen molar-refractivity contribution in [3.05, 3.63) is 59.7 Å². The molecule has 0 unspecified atom stereocenters. The number of nitrogens with one attached hydrogen (secondary N) is 1. The van der Waals surface area contributed by atoms with E-state index in [0.717, 1.165) is 29.8 Å². The second kappa shape index (κ2) is 6.95. The molecule has 0 atom stereocenters. The predicted octanol–water partition coefficient (Wildman–Crippen LogP) is 4.78. The van der Waals surface area contributed by atoms with Gasteiger partial charge in [0.05, 0.1) is 5.56 Å². The first-order valence-electron chi connectivity index (χ1n) is 7.56. The third kappa shape index (κ3) is 3.88. The van der Waals surface area contributed by atoms with Crippen LogP contribution in [0.2, 0.25) is 0 Å². The van der Waals surface area contributed by atoms with Gasteiger partial charge in [-0.25, -0.2) is 0 Å². The molecule has 6 heteroatoms. The van der Waals surface area contributed by atoms with E-state index in [1.54, 1.807) is 25.1 Å². The maximum atomic E-state index is 12.9. The lowest BCUT2D eigenvalue weighted by Crippen LogP contribution is -2.39. The minimum Gasteiger partial charge on any atom is -0.316 e. The molecule has 2 aromatic carbocycles. The third-order valence-corrected chi connectivity index (χ3v) is 3.90. The maximum absolute atomic E-state index is 12.9. The van der Waals surface area contributed by atoms with E-state index in [1.807, 2.05) is 31.2 Å². The average molecular weight is 335 g/mol. The lowest BCUT2D eigenvalue weighted by atomic mass is 10.1. The smallest absolute Gasteiger partial charge is 0.316 e. The molecule has 0 aliphatic rings. The lowest BCUT2D eigenvalue weighted by Gasteiger charge is -2.28. The summed E-state index contributed by atoms with van der Waals surface area (Å²) in [7, 11) is 3.30. The van der Waals surface area contributed by atoms with Gasteiger partial charge < -0.3 is 9.80 Å². The summed E-state index contributed by atoms with van der Waals surface area (Å²) in [6.07, 6.45) is -3.53. The molecule has 0 saturated carbocycles. The van der Waals surface area contributed by atoms with Gasteiger partial charge in [-0.3, -0.25) is 5.41 Å². The van der Waals surface area contributed by atoms with Crippen molar-refractivity contribution in [3.63, 3.8) is 0 Å². The summed E-state index contributed by atoms with van der Waals surface area (Å²) in [5.74, 6) is 0.0857. The topological polar surface area (TPSA) is 30.3 Å². The van der Waals surface area contributed by atoms with Gasteiger partial charge >= 0.3 is 6.18 Å². The standard InChI is InChI=1S/C18H20F3N3/c1-4-13-7-5-9-15(11-13)23(2)17(22)24(3)16-10-6-8-14(12-16)18(19,20)21/h5-12,22H,4H2,1-3H3. The van der Waals surface area contributed by atoms with Crippen molar-refractivity contribution in [2.45, 2.75) is 19.5 Å². The Balaban J connectivity index is 2.25. The number of guanidine groups is 1. The van der Waals surface area contributed by atoms with Crippen molar-refractivity contribution in [1.29, 1.82) is 5.41 Å². The zero-order valence-electron chi connectivity index (χ0n) is 13.9. The predicted molar refractivity (Wildman–Crippen MR) is 91.8 cm³/mol. The molecule has 0 aliphatic heterocycles. The molecule has 0 heterocycles. The zero-order chi connectivity index (χ0) is 17.9. The van der Waals surface area contributed by atoms with Crippen LogP contribution in [0, 0.1) is 5.41 Å². The lowest BCUT2D eigenvalue weighted by molar-refractivity contribution is -0.137. The van der Waals surface area contributed by atoms with Gasteiger partial charge in [0, 0.05) is 25.5 Å². The molecule has 0 spiro atoms. The van der Waals surface area contributed by atoms with Gasteiger partial charge in [-0.2, -0.15) is 13.2 Å². The first-order chi connectivity index (χ1) is 11.2. The molecule has 0 saturated heterocycles. The van der Waals surface area contributed by atoms with Gasteiger partial charge in [-0.15, -0.1) is 0 Å². The Kier molecular flexibility index (Phi) is 5.17. The number of rotatable bonds is 3. The van der Waals surface area contributed by atoms with E-state index in [2.05, 4.69) is 0 Å². The average Bonchev–Trinajstić information content (AvgIpc) is 2.59. The number of nitrogens with zero attached hydrogens (tertiary/aromatic N) is 2. The van der Waals surface area contributed by atoms with Crippen LogP contribution >= 0.6 is 0 Å². The molecule has 2 rings (SSSR count). The fraction of sp³-hybridized carbons (Fsp3) is 0.278. The molecule has 0 aliphatic carbocycles. The van der Waals surface area contributed by atoms with Crippen molar-refractivity contribution in [2.24, 2.45) is 0 Å². The van der Waals surface area contributed by atoms with Crippen LogP contribution in [0.1, 0.15) is 18.1 Å². The Labute approximate surface area is 139 Å². The van der Waals surface area contributed by atoms with Crippen molar-refractivity contribution < 1.29 is 13.2 Å². The molecule has 1 N–H and O–H groups in total. The number of aryl methyl sites for hydroxylation is 1. The van der Waals surface area contributed by atoms with Gasteiger partial charge in [0.15, 0.2) is 0 Å². The van der Waals surface area contributed by atoms with Crippen LogP contribution in [-0.4, -0.2) is 20.1 Å². The summed E-state index contributed by atoms with van der Waals surface area (Å²) in [4.78, 5) is 3.06. The van der Waals surface area contributed by atoms with E-state index in [9.17, 15) is 13.2 Å². The Bertz CT molecular complexity index is 725. The quantitative estimate of drug-likeness (QED) is 0.646. The second-order valence-electron chi connectivity index (χ2n) is 5.51. The number of anilines is 2. The van der Waals surface area contributed by atoms with Gasteiger partial charge in [0.25, 0.3) is 0 Å². The normalized spacial score (nSPS) is 11.2. The maximum Gasteiger partial charge on any atom is 0.416 e. The Morgan fingerprint density at radius 2 is 1.50 bits per heavy atom. The van der Waals surface area contributed by atoms with Crippen LogP contribution in [0.5, 0.6) is 0 Å². The fourth-order valence-corrected chi connectivity index (χ4v) is 2.35. The van der Waals surface area contributed by atoms with Gasteiger partial charge in [-0.05, 0) is 42.3 Å².